The third-order valence-electron chi connectivity index (χ3n) is 2.08. The summed E-state index contributed by atoms with van der Waals surface area (Å²) in [5, 5.41) is 9.10. The summed E-state index contributed by atoms with van der Waals surface area (Å²) in [6.07, 6.45) is 0. The van der Waals surface area contributed by atoms with Gasteiger partial charge in [-0.3, -0.25) is 0 Å². The third kappa shape index (κ3) is 3.09. The Bertz CT molecular complexity index is 258. The van der Waals surface area contributed by atoms with Crippen LogP contribution in [0.2, 0.25) is 0 Å². The minimum Gasteiger partial charge on any atom is -0.396 e. The topological polar surface area (TPSA) is 29.5 Å². The van der Waals surface area contributed by atoms with Crippen LogP contribution >= 0.6 is 0 Å². The number of halogens is 1. The van der Waals surface area contributed by atoms with Gasteiger partial charge in [-0.1, -0.05) is 12.1 Å². The van der Waals surface area contributed by atoms with E-state index in [9.17, 15) is 4.39 Å². The van der Waals surface area contributed by atoms with E-state index >= 15 is 0 Å². The summed E-state index contributed by atoms with van der Waals surface area (Å²) in [5.41, 5.74) is 0.905. The lowest BCUT2D eigenvalue weighted by atomic mass is 10.0. The van der Waals surface area contributed by atoms with Crippen LogP contribution < -0.4 is 0 Å². The minimum absolute atomic E-state index is 0.0195. The van der Waals surface area contributed by atoms with E-state index in [1.54, 1.807) is 12.1 Å². The number of hydrogen-bond acceptors (Lipinski definition) is 2. The van der Waals surface area contributed by atoms with Crippen LogP contribution in [-0.2, 0) is 4.74 Å². The number of ether oxygens (including phenoxy) is 1. The van der Waals surface area contributed by atoms with Crippen LogP contribution in [0.4, 0.5) is 4.39 Å². The number of rotatable bonds is 5. The van der Waals surface area contributed by atoms with Crippen LogP contribution in [0.3, 0.4) is 0 Å². The van der Waals surface area contributed by atoms with E-state index in [4.69, 9.17) is 9.84 Å². The van der Waals surface area contributed by atoms with E-state index in [-0.39, 0.29) is 18.3 Å². The van der Waals surface area contributed by atoms with Crippen molar-refractivity contribution in [2.45, 2.75) is 12.8 Å². The van der Waals surface area contributed by atoms with Gasteiger partial charge in [0.1, 0.15) is 5.82 Å². The average molecular weight is 198 g/mol. The zero-order valence-electron chi connectivity index (χ0n) is 8.24. The van der Waals surface area contributed by atoms with Crippen LogP contribution in [0.5, 0.6) is 0 Å². The van der Waals surface area contributed by atoms with Gasteiger partial charge in [0, 0.05) is 12.5 Å². The van der Waals surface area contributed by atoms with E-state index in [1.165, 1.54) is 12.1 Å². The minimum atomic E-state index is -0.262. The highest BCUT2D eigenvalue weighted by molar-refractivity contribution is 5.20. The summed E-state index contributed by atoms with van der Waals surface area (Å²) in [7, 11) is 0. The first-order valence-electron chi connectivity index (χ1n) is 4.72. The molecule has 1 atom stereocenters. The first-order valence-corrected chi connectivity index (χ1v) is 4.72. The maximum absolute atomic E-state index is 12.6. The highest BCUT2D eigenvalue weighted by Crippen LogP contribution is 2.15. The van der Waals surface area contributed by atoms with E-state index in [0.717, 1.165) is 5.56 Å². The lowest BCUT2D eigenvalue weighted by molar-refractivity contribution is 0.109. The smallest absolute Gasteiger partial charge is 0.123 e. The van der Waals surface area contributed by atoms with Gasteiger partial charge in [-0.2, -0.15) is 0 Å². The normalized spacial score (nSPS) is 12.8. The molecule has 1 unspecified atom stereocenters. The zero-order valence-corrected chi connectivity index (χ0v) is 8.24. The Morgan fingerprint density at radius 2 is 2.00 bits per heavy atom. The molecule has 1 aromatic carbocycles. The van der Waals surface area contributed by atoms with Crippen molar-refractivity contribution in [3.63, 3.8) is 0 Å². The largest absolute Gasteiger partial charge is 0.396 e. The molecular formula is C11H15FO2. The number of aliphatic hydroxyl groups excluding tert-OH is 1. The molecule has 0 aliphatic rings. The highest BCUT2D eigenvalue weighted by Gasteiger charge is 2.09. The zero-order chi connectivity index (χ0) is 10.4. The van der Waals surface area contributed by atoms with Crippen molar-refractivity contribution in [2.75, 3.05) is 19.8 Å². The molecule has 0 aromatic heterocycles. The maximum atomic E-state index is 12.6. The second-order valence-corrected chi connectivity index (χ2v) is 3.09. The van der Waals surface area contributed by atoms with Gasteiger partial charge in [0.05, 0.1) is 13.2 Å². The molecule has 1 aromatic rings. The van der Waals surface area contributed by atoms with E-state index in [2.05, 4.69) is 0 Å². The molecule has 78 valence electrons. The number of aliphatic hydroxyl groups is 1. The summed E-state index contributed by atoms with van der Waals surface area (Å²) in [5.74, 6) is -0.322. The molecule has 0 heterocycles. The van der Waals surface area contributed by atoms with E-state index in [0.29, 0.717) is 13.2 Å². The first-order chi connectivity index (χ1) is 6.77. The fourth-order valence-electron chi connectivity index (χ4n) is 1.25. The van der Waals surface area contributed by atoms with E-state index in [1.807, 2.05) is 6.92 Å². The van der Waals surface area contributed by atoms with Gasteiger partial charge in [0.2, 0.25) is 0 Å². The summed E-state index contributed by atoms with van der Waals surface area (Å²) in [4.78, 5) is 0. The van der Waals surface area contributed by atoms with Crippen molar-refractivity contribution in [3.05, 3.63) is 35.6 Å². The Labute approximate surface area is 83.3 Å². The van der Waals surface area contributed by atoms with Crippen LogP contribution in [0.15, 0.2) is 24.3 Å². The monoisotopic (exact) mass is 198 g/mol. The Hall–Kier alpha value is -0.930. The summed E-state index contributed by atoms with van der Waals surface area (Å²) in [6, 6.07) is 6.14. The molecule has 1 N–H and O–H groups in total. The third-order valence-corrected chi connectivity index (χ3v) is 2.08. The molecule has 0 radical (unpaired) electrons. The Morgan fingerprint density at radius 3 is 2.50 bits per heavy atom. The fourth-order valence-corrected chi connectivity index (χ4v) is 1.25. The van der Waals surface area contributed by atoms with Gasteiger partial charge in [-0.25, -0.2) is 4.39 Å². The lowest BCUT2D eigenvalue weighted by Gasteiger charge is -2.13. The molecular weight excluding hydrogens is 183 g/mol. The van der Waals surface area contributed by atoms with Gasteiger partial charge in [-0.05, 0) is 24.6 Å². The Kier molecular flexibility index (Phi) is 4.56. The summed E-state index contributed by atoms with van der Waals surface area (Å²) in [6.45, 7) is 3.01. The van der Waals surface area contributed by atoms with Crippen molar-refractivity contribution < 1.29 is 14.2 Å². The second kappa shape index (κ2) is 5.73. The van der Waals surface area contributed by atoms with Crippen LogP contribution in [0.1, 0.15) is 18.4 Å². The highest BCUT2D eigenvalue weighted by atomic mass is 19.1. The molecule has 0 aliphatic carbocycles. The predicted octanol–water partition coefficient (Wildman–Crippen LogP) is 1.94. The quantitative estimate of drug-likeness (QED) is 0.783. The Morgan fingerprint density at radius 1 is 1.36 bits per heavy atom. The van der Waals surface area contributed by atoms with Gasteiger partial charge < -0.3 is 9.84 Å². The van der Waals surface area contributed by atoms with Crippen LogP contribution in [-0.4, -0.2) is 24.9 Å². The molecule has 1 rings (SSSR count). The second-order valence-electron chi connectivity index (χ2n) is 3.09. The molecule has 0 fully saturated rings. The molecule has 0 aliphatic heterocycles. The summed E-state index contributed by atoms with van der Waals surface area (Å²) < 4.78 is 17.8. The van der Waals surface area contributed by atoms with Crippen molar-refractivity contribution in [2.24, 2.45) is 0 Å². The maximum Gasteiger partial charge on any atom is 0.123 e. The van der Waals surface area contributed by atoms with Crippen LogP contribution in [0, 0.1) is 5.82 Å². The SMILES string of the molecule is CCOCC(CO)c1ccc(F)cc1. The number of benzene rings is 1. The van der Waals surface area contributed by atoms with Crippen molar-refractivity contribution in [1.29, 1.82) is 0 Å². The van der Waals surface area contributed by atoms with Gasteiger partial charge in [0.25, 0.3) is 0 Å². The molecule has 0 saturated heterocycles. The van der Waals surface area contributed by atoms with Crippen molar-refractivity contribution in [3.8, 4) is 0 Å². The molecule has 14 heavy (non-hydrogen) atoms. The molecule has 2 nitrogen and oxygen atoms in total. The predicted molar refractivity (Wildman–Crippen MR) is 52.7 cm³/mol. The summed E-state index contributed by atoms with van der Waals surface area (Å²) >= 11 is 0. The first kappa shape index (κ1) is 11.1. The fraction of sp³-hybridized carbons (Fsp3) is 0.455. The van der Waals surface area contributed by atoms with Crippen LogP contribution in [0.25, 0.3) is 0 Å². The molecule has 0 spiro atoms. The Balaban J connectivity index is 2.64. The average Bonchev–Trinajstić information content (AvgIpc) is 2.21. The lowest BCUT2D eigenvalue weighted by Crippen LogP contribution is -2.11. The molecule has 0 saturated carbocycles. The van der Waals surface area contributed by atoms with Gasteiger partial charge in [0.15, 0.2) is 0 Å². The van der Waals surface area contributed by atoms with Crippen molar-refractivity contribution >= 4 is 0 Å². The van der Waals surface area contributed by atoms with E-state index < -0.39 is 0 Å². The molecule has 0 amide bonds. The molecule has 3 heteroatoms. The van der Waals surface area contributed by atoms with Crippen molar-refractivity contribution in [1.82, 2.24) is 0 Å². The molecule has 0 bridgehead atoms. The standard InChI is InChI=1S/C11H15FO2/c1-2-14-8-10(7-13)9-3-5-11(12)6-4-9/h3-6,10,13H,2,7-8H2,1H3. The van der Waals surface area contributed by atoms with Gasteiger partial charge in [-0.15, -0.1) is 0 Å². The number of hydrogen-bond donors (Lipinski definition) is 1. The van der Waals surface area contributed by atoms with Gasteiger partial charge >= 0.3 is 0 Å².